The molecule has 0 aromatic carbocycles. The highest BCUT2D eigenvalue weighted by Crippen LogP contribution is 2.15. The largest absolute Gasteiger partial charge is 0.450 e. The summed E-state index contributed by atoms with van der Waals surface area (Å²) in [5.74, 6) is 0.725. The summed E-state index contributed by atoms with van der Waals surface area (Å²) in [7, 11) is 0. The van der Waals surface area contributed by atoms with Crippen LogP contribution < -0.4 is 5.32 Å². The topological polar surface area (TPSA) is 38.3 Å². The molecule has 0 spiro atoms. The van der Waals surface area contributed by atoms with Crippen LogP contribution in [0.1, 0.15) is 53.9 Å². The van der Waals surface area contributed by atoms with Crippen LogP contribution in [0, 0.1) is 5.92 Å². The zero-order valence-corrected chi connectivity index (χ0v) is 10.7. The highest BCUT2D eigenvalue weighted by molar-refractivity contribution is 5.68. The molecule has 0 atom stereocenters. The molecule has 3 nitrogen and oxygen atoms in total. The maximum Gasteiger partial charge on any atom is 0.407 e. The predicted molar refractivity (Wildman–Crippen MR) is 62.9 cm³/mol. The van der Waals surface area contributed by atoms with Crippen molar-refractivity contribution in [1.29, 1.82) is 0 Å². The summed E-state index contributed by atoms with van der Waals surface area (Å²) in [6.45, 7) is 10.7. The van der Waals surface area contributed by atoms with Gasteiger partial charge in [-0.2, -0.15) is 0 Å². The fourth-order valence-corrected chi connectivity index (χ4v) is 1.46. The Labute approximate surface area is 93.6 Å². The fourth-order valence-electron chi connectivity index (χ4n) is 1.46. The van der Waals surface area contributed by atoms with Crippen LogP contribution in [0.4, 0.5) is 4.79 Å². The molecule has 0 bridgehead atoms. The van der Waals surface area contributed by atoms with Crippen molar-refractivity contribution in [2.75, 3.05) is 6.61 Å². The van der Waals surface area contributed by atoms with Crippen molar-refractivity contribution in [3.05, 3.63) is 0 Å². The monoisotopic (exact) mass is 215 g/mol. The molecule has 0 unspecified atom stereocenters. The van der Waals surface area contributed by atoms with Crippen molar-refractivity contribution < 1.29 is 9.53 Å². The van der Waals surface area contributed by atoms with Crippen LogP contribution in [-0.4, -0.2) is 18.2 Å². The molecule has 0 aliphatic heterocycles. The van der Waals surface area contributed by atoms with Gasteiger partial charge in [-0.15, -0.1) is 0 Å². The van der Waals surface area contributed by atoms with E-state index in [1.165, 1.54) is 6.42 Å². The van der Waals surface area contributed by atoms with E-state index >= 15 is 0 Å². The minimum Gasteiger partial charge on any atom is -0.450 e. The molecule has 0 fully saturated rings. The number of rotatable bonds is 6. The van der Waals surface area contributed by atoms with Crippen molar-refractivity contribution in [2.24, 2.45) is 5.92 Å². The predicted octanol–water partition coefficient (Wildman–Crippen LogP) is 3.34. The molecule has 0 aromatic heterocycles. The lowest BCUT2D eigenvalue weighted by Gasteiger charge is -2.26. The Morgan fingerprint density at radius 2 is 2.00 bits per heavy atom. The summed E-state index contributed by atoms with van der Waals surface area (Å²) < 4.78 is 4.86. The highest BCUT2D eigenvalue weighted by Gasteiger charge is 2.20. The lowest BCUT2D eigenvalue weighted by Crippen LogP contribution is -2.43. The minimum atomic E-state index is -0.313. The summed E-state index contributed by atoms with van der Waals surface area (Å²) >= 11 is 0. The average molecular weight is 215 g/mol. The Hall–Kier alpha value is -0.730. The molecule has 90 valence electrons. The smallest absolute Gasteiger partial charge is 0.407 e. The van der Waals surface area contributed by atoms with E-state index in [-0.39, 0.29) is 11.6 Å². The Kier molecular flexibility index (Phi) is 6.37. The molecule has 0 saturated heterocycles. The van der Waals surface area contributed by atoms with Crippen LogP contribution in [0.15, 0.2) is 0 Å². The van der Waals surface area contributed by atoms with Crippen molar-refractivity contribution in [1.82, 2.24) is 5.32 Å². The normalized spacial score (nSPS) is 11.6. The van der Waals surface area contributed by atoms with Crippen LogP contribution >= 0.6 is 0 Å². The summed E-state index contributed by atoms with van der Waals surface area (Å²) in [6.07, 6.45) is 3.02. The second kappa shape index (κ2) is 6.70. The summed E-state index contributed by atoms with van der Waals surface area (Å²) in [6, 6.07) is 0. The van der Waals surface area contributed by atoms with E-state index in [1.54, 1.807) is 0 Å². The number of amides is 1. The van der Waals surface area contributed by atoms with E-state index in [0.29, 0.717) is 6.61 Å². The Morgan fingerprint density at radius 3 is 2.47 bits per heavy atom. The Balaban J connectivity index is 3.80. The van der Waals surface area contributed by atoms with Crippen LogP contribution in [0.2, 0.25) is 0 Å². The first-order valence-electron chi connectivity index (χ1n) is 5.82. The van der Waals surface area contributed by atoms with Crippen molar-refractivity contribution >= 4 is 6.09 Å². The van der Waals surface area contributed by atoms with E-state index in [9.17, 15) is 4.79 Å². The summed E-state index contributed by atoms with van der Waals surface area (Å²) in [5, 5.41) is 2.87. The van der Waals surface area contributed by atoms with Gasteiger partial charge < -0.3 is 10.1 Å². The number of hydrogen-bond donors (Lipinski definition) is 1. The minimum absolute atomic E-state index is 0.166. The van der Waals surface area contributed by atoms with Gasteiger partial charge in [0, 0.05) is 5.54 Å². The third-order valence-electron chi connectivity index (χ3n) is 2.30. The SMILES string of the molecule is CCOC(=O)NC(C)(C)CCCC(C)C. The van der Waals surface area contributed by atoms with Crippen molar-refractivity contribution in [3.8, 4) is 0 Å². The highest BCUT2D eigenvalue weighted by atomic mass is 16.5. The van der Waals surface area contributed by atoms with Crippen molar-refractivity contribution in [2.45, 2.75) is 59.4 Å². The lowest BCUT2D eigenvalue weighted by molar-refractivity contribution is 0.140. The van der Waals surface area contributed by atoms with Crippen LogP contribution in [-0.2, 0) is 4.74 Å². The Morgan fingerprint density at radius 1 is 1.40 bits per heavy atom. The molecule has 0 rings (SSSR count). The molecule has 0 radical (unpaired) electrons. The first-order chi connectivity index (χ1) is 6.87. The van der Waals surface area contributed by atoms with E-state index < -0.39 is 0 Å². The van der Waals surface area contributed by atoms with Crippen LogP contribution in [0.5, 0.6) is 0 Å². The maximum atomic E-state index is 11.2. The molecule has 1 N–H and O–H groups in total. The lowest BCUT2D eigenvalue weighted by atomic mass is 9.95. The van der Waals surface area contributed by atoms with Gasteiger partial charge in [0.2, 0.25) is 0 Å². The van der Waals surface area contributed by atoms with Gasteiger partial charge in [0.15, 0.2) is 0 Å². The number of ether oxygens (including phenoxy) is 1. The van der Waals surface area contributed by atoms with Gasteiger partial charge >= 0.3 is 6.09 Å². The first kappa shape index (κ1) is 14.3. The van der Waals surface area contributed by atoms with Gasteiger partial charge in [-0.3, -0.25) is 0 Å². The molecule has 0 aliphatic rings. The molecule has 0 heterocycles. The number of carbonyl (C=O) groups excluding carboxylic acids is 1. The molecular weight excluding hydrogens is 190 g/mol. The van der Waals surface area contributed by atoms with E-state index in [4.69, 9.17) is 4.74 Å². The number of carbonyl (C=O) groups is 1. The molecule has 1 amide bonds. The van der Waals surface area contributed by atoms with Crippen LogP contribution in [0.25, 0.3) is 0 Å². The Bertz CT molecular complexity index is 188. The van der Waals surface area contributed by atoms with Gasteiger partial charge in [-0.05, 0) is 33.1 Å². The molecule has 0 aliphatic carbocycles. The number of hydrogen-bond acceptors (Lipinski definition) is 2. The van der Waals surface area contributed by atoms with E-state index in [1.807, 2.05) is 20.8 Å². The quantitative estimate of drug-likeness (QED) is 0.738. The van der Waals surface area contributed by atoms with Crippen molar-refractivity contribution in [3.63, 3.8) is 0 Å². The zero-order chi connectivity index (χ0) is 11.9. The molecule has 3 heteroatoms. The molecular formula is C12H25NO2. The second-order valence-electron chi connectivity index (χ2n) is 5.02. The summed E-state index contributed by atoms with van der Waals surface area (Å²) in [4.78, 5) is 11.2. The molecule has 0 aromatic rings. The molecule has 0 saturated carbocycles. The number of alkyl carbamates (subject to hydrolysis) is 1. The zero-order valence-electron chi connectivity index (χ0n) is 10.7. The average Bonchev–Trinajstić information content (AvgIpc) is 2.01. The second-order valence-corrected chi connectivity index (χ2v) is 5.02. The summed E-state index contributed by atoms with van der Waals surface area (Å²) in [5.41, 5.74) is -0.166. The van der Waals surface area contributed by atoms with E-state index in [0.717, 1.165) is 18.8 Å². The maximum absolute atomic E-state index is 11.2. The standard InChI is InChI=1S/C12H25NO2/c1-6-15-11(14)13-12(4,5)9-7-8-10(2)3/h10H,6-9H2,1-5H3,(H,13,14). The van der Waals surface area contributed by atoms with Crippen LogP contribution in [0.3, 0.4) is 0 Å². The fraction of sp³-hybridized carbons (Fsp3) is 0.917. The third kappa shape index (κ3) is 8.28. The third-order valence-corrected chi connectivity index (χ3v) is 2.30. The van der Waals surface area contributed by atoms with Gasteiger partial charge in [-0.1, -0.05) is 26.7 Å². The van der Waals surface area contributed by atoms with E-state index in [2.05, 4.69) is 19.2 Å². The van der Waals surface area contributed by atoms with Gasteiger partial charge in [0.25, 0.3) is 0 Å². The van der Waals surface area contributed by atoms with Gasteiger partial charge in [0.05, 0.1) is 6.61 Å². The van der Waals surface area contributed by atoms with Gasteiger partial charge in [0.1, 0.15) is 0 Å². The molecule has 15 heavy (non-hydrogen) atoms. The first-order valence-corrected chi connectivity index (χ1v) is 5.82. The number of nitrogens with one attached hydrogen (secondary N) is 1. The van der Waals surface area contributed by atoms with Gasteiger partial charge in [-0.25, -0.2) is 4.79 Å².